The van der Waals surface area contributed by atoms with Crippen molar-refractivity contribution in [3.63, 3.8) is 0 Å². The number of carbonyl (C=O) groups is 1. The molecule has 0 amide bonds. The fourth-order valence-corrected chi connectivity index (χ4v) is 2.43. The Kier molecular flexibility index (Phi) is 3.79. The van der Waals surface area contributed by atoms with E-state index < -0.39 is 5.97 Å². The summed E-state index contributed by atoms with van der Waals surface area (Å²) in [6, 6.07) is 2.16. The summed E-state index contributed by atoms with van der Waals surface area (Å²) in [6.45, 7) is 3.93. The van der Waals surface area contributed by atoms with Gasteiger partial charge in [0, 0.05) is 17.8 Å². The molecule has 98 valence electrons. The van der Waals surface area contributed by atoms with Crippen LogP contribution in [0.5, 0.6) is 0 Å². The van der Waals surface area contributed by atoms with Crippen LogP contribution in [-0.2, 0) is 11.2 Å². The highest BCUT2D eigenvalue weighted by molar-refractivity contribution is 5.70. The number of carboxylic acids is 1. The third-order valence-electron chi connectivity index (χ3n) is 3.39. The smallest absolute Gasteiger partial charge is 0.306 e. The zero-order valence-electron chi connectivity index (χ0n) is 10.8. The topological polar surface area (TPSA) is 75.1 Å². The SMILES string of the molecule is CCc1cc(N[C@H]2CC[C@@H](C(=O)O)C2)nc(C)n1. The predicted octanol–water partition coefficient (Wildman–Crippen LogP) is 2.01. The molecule has 0 unspecified atom stereocenters. The molecule has 0 saturated heterocycles. The Balaban J connectivity index is 2.02. The van der Waals surface area contributed by atoms with Crippen molar-refractivity contribution < 1.29 is 9.90 Å². The second kappa shape index (κ2) is 5.33. The fourth-order valence-electron chi connectivity index (χ4n) is 2.43. The molecule has 0 spiro atoms. The monoisotopic (exact) mass is 249 g/mol. The van der Waals surface area contributed by atoms with E-state index in [0.717, 1.165) is 36.6 Å². The molecule has 1 aromatic rings. The van der Waals surface area contributed by atoms with Gasteiger partial charge in [0.05, 0.1) is 5.92 Å². The number of nitrogens with zero attached hydrogens (tertiary/aromatic N) is 2. The van der Waals surface area contributed by atoms with Crippen molar-refractivity contribution in [3.05, 3.63) is 17.6 Å². The highest BCUT2D eigenvalue weighted by Crippen LogP contribution is 2.27. The fraction of sp³-hybridized carbons (Fsp3) is 0.615. The van der Waals surface area contributed by atoms with Crippen LogP contribution < -0.4 is 5.32 Å². The Labute approximate surface area is 107 Å². The molecule has 1 aliphatic rings. The number of hydrogen-bond acceptors (Lipinski definition) is 4. The molecule has 2 atom stereocenters. The van der Waals surface area contributed by atoms with Crippen molar-refractivity contribution in [3.8, 4) is 0 Å². The highest BCUT2D eigenvalue weighted by Gasteiger charge is 2.29. The molecular formula is C13H19N3O2. The van der Waals surface area contributed by atoms with E-state index in [2.05, 4.69) is 22.2 Å². The molecule has 0 bridgehead atoms. The first kappa shape index (κ1) is 12.8. The molecule has 18 heavy (non-hydrogen) atoms. The number of aryl methyl sites for hydroxylation is 2. The van der Waals surface area contributed by atoms with Gasteiger partial charge < -0.3 is 10.4 Å². The van der Waals surface area contributed by atoms with Gasteiger partial charge >= 0.3 is 5.97 Å². The Bertz CT molecular complexity index is 448. The van der Waals surface area contributed by atoms with Crippen molar-refractivity contribution in [1.29, 1.82) is 0 Å². The van der Waals surface area contributed by atoms with E-state index in [-0.39, 0.29) is 12.0 Å². The van der Waals surface area contributed by atoms with E-state index in [4.69, 9.17) is 5.11 Å². The van der Waals surface area contributed by atoms with Crippen molar-refractivity contribution >= 4 is 11.8 Å². The molecule has 1 saturated carbocycles. The second-order valence-electron chi connectivity index (χ2n) is 4.83. The van der Waals surface area contributed by atoms with Gasteiger partial charge in [-0.1, -0.05) is 6.92 Å². The normalized spacial score (nSPS) is 23.0. The van der Waals surface area contributed by atoms with Crippen molar-refractivity contribution in [2.24, 2.45) is 5.92 Å². The minimum Gasteiger partial charge on any atom is -0.481 e. The van der Waals surface area contributed by atoms with Crippen molar-refractivity contribution in [2.75, 3.05) is 5.32 Å². The van der Waals surface area contributed by atoms with Crippen LogP contribution in [0.15, 0.2) is 6.07 Å². The lowest BCUT2D eigenvalue weighted by Gasteiger charge is -2.14. The molecular weight excluding hydrogens is 230 g/mol. The van der Waals surface area contributed by atoms with Crippen LogP contribution in [-0.4, -0.2) is 27.1 Å². The van der Waals surface area contributed by atoms with Gasteiger partial charge in [0.15, 0.2) is 0 Å². The number of aliphatic carboxylic acids is 1. The molecule has 2 N–H and O–H groups in total. The third kappa shape index (κ3) is 2.97. The minimum atomic E-state index is -0.688. The lowest BCUT2D eigenvalue weighted by molar-refractivity contribution is -0.141. The standard InChI is InChI=1S/C13H19N3O2/c1-3-10-7-12(15-8(2)14-10)16-11-5-4-9(6-11)13(17)18/h7,9,11H,3-6H2,1-2H3,(H,17,18)(H,14,15,16)/t9-,11+/m1/s1. The summed E-state index contributed by atoms with van der Waals surface area (Å²) in [5, 5.41) is 12.3. The van der Waals surface area contributed by atoms with Gasteiger partial charge in [-0.25, -0.2) is 9.97 Å². The lowest BCUT2D eigenvalue weighted by Crippen LogP contribution is -2.19. The van der Waals surface area contributed by atoms with Crippen LogP contribution in [0, 0.1) is 12.8 Å². The average molecular weight is 249 g/mol. The first-order valence-corrected chi connectivity index (χ1v) is 6.42. The number of anilines is 1. The number of carboxylic acid groups (broad SMARTS) is 1. The Morgan fingerprint density at radius 1 is 1.50 bits per heavy atom. The minimum absolute atomic E-state index is 0.212. The van der Waals surface area contributed by atoms with Gasteiger partial charge in [-0.3, -0.25) is 4.79 Å². The van der Waals surface area contributed by atoms with E-state index in [1.165, 1.54) is 0 Å². The van der Waals surface area contributed by atoms with Crippen molar-refractivity contribution in [2.45, 2.75) is 45.6 Å². The largest absolute Gasteiger partial charge is 0.481 e. The van der Waals surface area contributed by atoms with Crippen LogP contribution in [0.4, 0.5) is 5.82 Å². The summed E-state index contributed by atoms with van der Waals surface area (Å²) < 4.78 is 0. The first-order chi connectivity index (χ1) is 8.58. The molecule has 1 fully saturated rings. The Morgan fingerprint density at radius 2 is 2.28 bits per heavy atom. The molecule has 2 rings (SSSR count). The van der Waals surface area contributed by atoms with Gasteiger partial charge in [0.1, 0.15) is 11.6 Å². The van der Waals surface area contributed by atoms with E-state index in [1.807, 2.05) is 13.0 Å². The van der Waals surface area contributed by atoms with Gasteiger partial charge in [-0.15, -0.1) is 0 Å². The quantitative estimate of drug-likeness (QED) is 0.853. The number of rotatable bonds is 4. The van der Waals surface area contributed by atoms with E-state index in [0.29, 0.717) is 6.42 Å². The maximum Gasteiger partial charge on any atom is 0.306 e. The first-order valence-electron chi connectivity index (χ1n) is 6.42. The molecule has 5 heteroatoms. The number of nitrogens with one attached hydrogen (secondary N) is 1. The maximum atomic E-state index is 10.9. The summed E-state index contributed by atoms with van der Waals surface area (Å²) in [5.41, 5.74) is 1.01. The third-order valence-corrected chi connectivity index (χ3v) is 3.39. The Hall–Kier alpha value is -1.65. The average Bonchev–Trinajstić information content (AvgIpc) is 2.76. The molecule has 0 aromatic carbocycles. The van der Waals surface area contributed by atoms with Gasteiger partial charge in [-0.2, -0.15) is 0 Å². The number of hydrogen-bond donors (Lipinski definition) is 2. The zero-order chi connectivity index (χ0) is 13.1. The predicted molar refractivity (Wildman–Crippen MR) is 68.5 cm³/mol. The van der Waals surface area contributed by atoms with Gasteiger partial charge in [-0.05, 0) is 32.6 Å². The maximum absolute atomic E-state index is 10.9. The lowest BCUT2D eigenvalue weighted by atomic mass is 10.1. The van der Waals surface area contributed by atoms with Crippen LogP contribution in [0.1, 0.15) is 37.7 Å². The van der Waals surface area contributed by atoms with E-state index in [1.54, 1.807) is 0 Å². The molecule has 5 nitrogen and oxygen atoms in total. The van der Waals surface area contributed by atoms with E-state index in [9.17, 15) is 4.79 Å². The van der Waals surface area contributed by atoms with Crippen LogP contribution >= 0.6 is 0 Å². The summed E-state index contributed by atoms with van der Waals surface area (Å²) in [5.74, 6) is 0.670. The molecule has 1 aromatic heterocycles. The van der Waals surface area contributed by atoms with Gasteiger partial charge in [0.2, 0.25) is 0 Å². The summed E-state index contributed by atoms with van der Waals surface area (Å²) in [7, 11) is 0. The zero-order valence-corrected chi connectivity index (χ0v) is 10.8. The number of aromatic nitrogens is 2. The second-order valence-corrected chi connectivity index (χ2v) is 4.83. The van der Waals surface area contributed by atoms with Crippen LogP contribution in [0.3, 0.4) is 0 Å². The molecule has 0 radical (unpaired) electrons. The van der Waals surface area contributed by atoms with E-state index >= 15 is 0 Å². The highest BCUT2D eigenvalue weighted by atomic mass is 16.4. The van der Waals surface area contributed by atoms with Crippen LogP contribution in [0.2, 0.25) is 0 Å². The Morgan fingerprint density at radius 3 is 2.89 bits per heavy atom. The summed E-state index contributed by atoms with van der Waals surface area (Å²) >= 11 is 0. The summed E-state index contributed by atoms with van der Waals surface area (Å²) in [6.07, 6.45) is 3.19. The summed E-state index contributed by atoms with van der Waals surface area (Å²) in [4.78, 5) is 19.6. The molecule has 0 aliphatic heterocycles. The van der Waals surface area contributed by atoms with Crippen molar-refractivity contribution in [1.82, 2.24) is 9.97 Å². The van der Waals surface area contributed by atoms with Crippen LogP contribution in [0.25, 0.3) is 0 Å². The van der Waals surface area contributed by atoms with Gasteiger partial charge in [0.25, 0.3) is 0 Å². The molecule has 1 heterocycles. The molecule has 1 aliphatic carbocycles.